The first-order valence-electron chi connectivity index (χ1n) is 11.3. The fraction of sp³-hybridized carbons (Fsp3) is 0.161. The van der Waals surface area contributed by atoms with E-state index in [4.69, 9.17) is 0 Å². The molecular weight excluding hydrogens is 464 g/mol. The van der Waals surface area contributed by atoms with E-state index in [0.29, 0.717) is 0 Å². The molecule has 0 unspecified atom stereocenters. The summed E-state index contributed by atoms with van der Waals surface area (Å²) >= 11 is 1.46. The molecule has 4 aromatic rings. The molecule has 0 N–H and O–H groups in total. The minimum atomic E-state index is 1.01. The van der Waals surface area contributed by atoms with Crippen molar-refractivity contribution in [2.24, 2.45) is 0 Å². The molecule has 1 aliphatic rings. The van der Waals surface area contributed by atoms with Gasteiger partial charge in [-0.2, -0.15) is 23.6 Å². The van der Waals surface area contributed by atoms with E-state index in [2.05, 4.69) is 129 Å². The van der Waals surface area contributed by atoms with E-state index in [0.717, 1.165) is 6.42 Å². The van der Waals surface area contributed by atoms with Crippen molar-refractivity contribution in [1.82, 2.24) is 0 Å². The molecule has 0 aromatic heterocycles. The SMILES string of the molecule is CCCC.[C-]1=CC=CC1.[Zr+2]=[C](c1ccccc1)c1ccccc1.c1ccc2[cH-]ccc2c1. The Hall–Kier alpha value is -2.50. The molecule has 1 heteroatoms. The van der Waals surface area contributed by atoms with Gasteiger partial charge in [0.1, 0.15) is 0 Å². The number of hydrogen-bond donors (Lipinski definition) is 0. The van der Waals surface area contributed by atoms with Crippen LogP contribution in [0.1, 0.15) is 44.2 Å². The number of hydrogen-bond acceptors (Lipinski definition) is 0. The van der Waals surface area contributed by atoms with E-state index < -0.39 is 0 Å². The summed E-state index contributed by atoms with van der Waals surface area (Å²) in [7, 11) is 0. The monoisotopic (exact) mass is 494 g/mol. The molecule has 0 heterocycles. The zero-order valence-electron chi connectivity index (χ0n) is 19.2. The second-order valence-electron chi connectivity index (χ2n) is 7.26. The van der Waals surface area contributed by atoms with Gasteiger partial charge in [0.25, 0.3) is 0 Å². The zero-order chi connectivity index (χ0) is 22.9. The standard InChI is InChI=1S/C13H10.C9H7.C5H5.C4H10.Zr/c1-3-7-12(8-4-1)11-13-9-5-2-6-10-13;1-2-5-9-7-3-6-8(9)4-1;1-2-4-5-3-1;1-3-4-2;/h1-10H;1-7H;1-3H,4H2;3-4H2,1-2H3;/q;2*-1;;+2. The van der Waals surface area contributed by atoms with Crippen LogP contribution in [0.5, 0.6) is 0 Å². The third-order valence-electron chi connectivity index (χ3n) is 4.76. The van der Waals surface area contributed by atoms with Crippen LogP contribution < -0.4 is 0 Å². The van der Waals surface area contributed by atoms with Crippen molar-refractivity contribution in [2.45, 2.75) is 33.1 Å². The summed E-state index contributed by atoms with van der Waals surface area (Å²) in [4.78, 5) is 0. The molecule has 4 aromatic carbocycles. The zero-order valence-corrected chi connectivity index (χ0v) is 21.6. The van der Waals surface area contributed by atoms with Crippen LogP contribution in [0.2, 0.25) is 0 Å². The number of rotatable bonds is 3. The second-order valence-corrected chi connectivity index (χ2v) is 8.49. The van der Waals surface area contributed by atoms with Gasteiger partial charge in [-0.15, -0.1) is 36.1 Å². The van der Waals surface area contributed by atoms with E-state index in [-0.39, 0.29) is 0 Å². The average Bonchev–Trinajstić information content (AvgIpc) is 3.61. The molecule has 0 bridgehead atoms. The summed E-state index contributed by atoms with van der Waals surface area (Å²) in [6.45, 7) is 4.36. The number of fused-ring (bicyclic) bond motifs is 1. The number of benzene rings is 3. The van der Waals surface area contributed by atoms with Gasteiger partial charge in [0.05, 0.1) is 0 Å². The summed E-state index contributed by atoms with van der Waals surface area (Å²) in [5, 5.41) is 2.66. The number of allylic oxidation sites excluding steroid dienone is 4. The van der Waals surface area contributed by atoms with Crippen LogP contribution in [-0.2, 0) is 24.2 Å². The van der Waals surface area contributed by atoms with E-state index in [9.17, 15) is 0 Å². The molecule has 32 heavy (non-hydrogen) atoms. The molecule has 0 radical (unpaired) electrons. The van der Waals surface area contributed by atoms with E-state index >= 15 is 0 Å². The maximum Gasteiger partial charge on any atom is -0.0809 e. The molecule has 0 fully saturated rings. The van der Waals surface area contributed by atoms with E-state index in [1.807, 2.05) is 12.2 Å². The quantitative estimate of drug-likeness (QED) is 0.250. The molecule has 0 amide bonds. The van der Waals surface area contributed by atoms with Gasteiger partial charge in [-0.05, 0) is 0 Å². The molecular formula is C31H32Zr. The summed E-state index contributed by atoms with van der Waals surface area (Å²) < 4.78 is 1.42. The summed E-state index contributed by atoms with van der Waals surface area (Å²) in [6.07, 6.45) is 12.6. The fourth-order valence-corrected chi connectivity index (χ4v) is 3.61. The van der Waals surface area contributed by atoms with Crippen LogP contribution in [0.3, 0.4) is 0 Å². The molecule has 1 aliphatic carbocycles. The van der Waals surface area contributed by atoms with Crippen LogP contribution in [-0.4, -0.2) is 3.21 Å². The van der Waals surface area contributed by atoms with E-state index in [1.54, 1.807) is 0 Å². The van der Waals surface area contributed by atoms with Crippen LogP contribution >= 0.6 is 0 Å². The van der Waals surface area contributed by atoms with Gasteiger partial charge >= 0.3 is 99.2 Å². The molecule has 160 valence electrons. The first-order chi connectivity index (χ1) is 15.8. The Bertz CT molecular complexity index is 985. The van der Waals surface area contributed by atoms with Gasteiger partial charge in [0.15, 0.2) is 0 Å². The molecule has 5 rings (SSSR count). The third-order valence-corrected chi connectivity index (χ3v) is 6.18. The smallest absolute Gasteiger partial charge is 0.0809 e. The predicted molar refractivity (Wildman–Crippen MR) is 138 cm³/mol. The number of unbranched alkanes of at least 4 members (excludes halogenated alkanes) is 1. The predicted octanol–water partition coefficient (Wildman–Crippen LogP) is 8.47. The van der Waals surface area contributed by atoms with Gasteiger partial charge in [0, 0.05) is 0 Å². The average molecular weight is 496 g/mol. The topological polar surface area (TPSA) is 0 Å². The molecule has 0 nitrogen and oxygen atoms in total. The Kier molecular flexibility index (Phi) is 13.0. The minimum absolute atomic E-state index is 1.01. The Morgan fingerprint density at radius 1 is 0.781 bits per heavy atom. The van der Waals surface area contributed by atoms with E-state index in [1.165, 1.54) is 62.2 Å². The van der Waals surface area contributed by atoms with Crippen molar-refractivity contribution in [1.29, 1.82) is 0 Å². The Labute approximate surface area is 209 Å². The van der Waals surface area contributed by atoms with Crippen molar-refractivity contribution in [3.63, 3.8) is 0 Å². The second kappa shape index (κ2) is 16.2. The first-order valence-corrected chi connectivity index (χ1v) is 12.5. The van der Waals surface area contributed by atoms with Gasteiger partial charge in [0.2, 0.25) is 0 Å². The maximum atomic E-state index is 2.99. The summed E-state index contributed by atoms with van der Waals surface area (Å²) in [6, 6.07) is 35.8. The van der Waals surface area contributed by atoms with Crippen molar-refractivity contribution in [2.75, 3.05) is 0 Å². The van der Waals surface area contributed by atoms with Crippen LogP contribution in [0, 0.1) is 6.08 Å². The molecule has 0 aliphatic heterocycles. The molecule has 0 saturated heterocycles. The van der Waals surface area contributed by atoms with Crippen molar-refractivity contribution >= 4 is 14.0 Å². The van der Waals surface area contributed by atoms with Crippen LogP contribution in [0.4, 0.5) is 0 Å². The van der Waals surface area contributed by atoms with Crippen molar-refractivity contribution in [3.05, 3.63) is 139 Å². The fourth-order valence-electron chi connectivity index (χ4n) is 2.79. The third kappa shape index (κ3) is 9.75. The van der Waals surface area contributed by atoms with Crippen LogP contribution in [0.15, 0.2) is 121 Å². The maximum absolute atomic E-state index is 2.99. The minimum Gasteiger partial charge on any atom is -0.168 e. The molecule has 0 atom stereocenters. The van der Waals surface area contributed by atoms with Gasteiger partial charge < -0.3 is 0 Å². The van der Waals surface area contributed by atoms with Crippen LogP contribution in [0.25, 0.3) is 10.8 Å². The van der Waals surface area contributed by atoms with Gasteiger partial charge in [-0.25, -0.2) is 12.2 Å². The largest absolute Gasteiger partial charge is 0.168 e. The normalized spacial score (nSPS) is 10.9. The summed E-state index contributed by atoms with van der Waals surface area (Å²) in [5.41, 5.74) is 2.66. The Balaban J connectivity index is 0.000000172. The van der Waals surface area contributed by atoms with Crippen molar-refractivity contribution in [3.8, 4) is 0 Å². The first kappa shape index (κ1) is 25.8. The summed E-state index contributed by atoms with van der Waals surface area (Å²) in [5.74, 6) is 0. The Morgan fingerprint density at radius 3 is 1.78 bits per heavy atom. The van der Waals surface area contributed by atoms with Gasteiger partial charge in [-0.3, -0.25) is 6.08 Å². The van der Waals surface area contributed by atoms with Gasteiger partial charge in [-0.1, -0.05) is 32.8 Å². The van der Waals surface area contributed by atoms with Crippen molar-refractivity contribution < 1.29 is 24.2 Å². The molecule has 0 spiro atoms. The Morgan fingerprint density at radius 2 is 1.34 bits per heavy atom. The molecule has 0 saturated carbocycles.